The summed E-state index contributed by atoms with van der Waals surface area (Å²) in [7, 11) is 0. The second-order valence-electron chi connectivity index (χ2n) is 1.87. The fourth-order valence-electron chi connectivity index (χ4n) is 0.461. The molecule has 0 aliphatic heterocycles. The molecule has 0 aromatic heterocycles. The van der Waals surface area contributed by atoms with Crippen LogP contribution in [0.25, 0.3) is 0 Å². The molecule has 0 aliphatic rings. The molecule has 0 amide bonds. The highest BCUT2D eigenvalue weighted by atomic mass is 35.5. The van der Waals surface area contributed by atoms with Crippen molar-refractivity contribution in [2.24, 2.45) is 0 Å². The second-order valence-corrected chi connectivity index (χ2v) is 3.51. The van der Waals surface area contributed by atoms with Gasteiger partial charge >= 0.3 is 5.97 Å². The van der Waals surface area contributed by atoms with Crippen LogP contribution in [-0.4, -0.2) is 34.3 Å². The van der Waals surface area contributed by atoms with Crippen LogP contribution in [0.3, 0.4) is 0 Å². The smallest absolute Gasteiger partial charge is 0.321 e. The Morgan fingerprint density at radius 1 is 1.64 bits per heavy atom. The Morgan fingerprint density at radius 2 is 2.18 bits per heavy atom. The number of carbonyl (C=O) groups is 1. The Morgan fingerprint density at radius 3 is 2.45 bits per heavy atom. The Bertz CT molecular complexity index is 134. The molecule has 0 heterocycles. The Balaban J connectivity index is 3.61. The van der Waals surface area contributed by atoms with Crippen molar-refractivity contribution in [3.8, 4) is 0 Å². The quantitative estimate of drug-likeness (QED) is 0.471. The third kappa shape index (κ3) is 5.61. The molecule has 3 nitrogen and oxygen atoms in total. The van der Waals surface area contributed by atoms with Crippen LogP contribution in [0.1, 0.15) is 0 Å². The van der Waals surface area contributed by atoms with Crippen molar-refractivity contribution in [3.05, 3.63) is 0 Å². The predicted octanol–water partition coefficient (Wildman–Crippen LogP) is 0.763. The number of rotatable bonds is 5. The van der Waals surface area contributed by atoms with Gasteiger partial charge < -0.3 is 10.4 Å². The minimum Gasteiger partial charge on any atom is -0.480 e. The van der Waals surface area contributed by atoms with E-state index in [2.05, 4.69) is 17.9 Å². The van der Waals surface area contributed by atoms with Gasteiger partial charge in [-0.3, -0.25) is 4.79 Å². The molecule has 0 bridgehead atoms. The number of hydrogen-bond acceptors (Lipinski definition) is 3. The average Bonchev–Trinajstić information content (AvgIpc) is 1.87. The van der Waals surface area contributed by atoms with Crippen LogP contribution >= 0.6 is 35.8 Å². The third-order valence-corrected chi connectivity index (χ3v) is 1.67. The minimum absolute atomic E-state index is 0.218. The molecule has 0 aromatic carbocycles. The van der Waals surface area contributed by atoms with Crippen LogP contribution in [0.2, 0.25) is 0 Å². The number of carboxylic acids is 1. The number of carboxylic acid groups (broad SMARTS) is 1. The van der Waals surface area contributed by atoms with Crippen molar-refractivity contribution < 1.29 is 9.90 Å². The fourth-order valence-corrected chi connectivity index (χ4v) is 0.925. The van der Waals surface area contributed by atoms with Crippen LogP contribution in [0.15, 0.2) is 0 Å². The van der Waals surface area contributed by atoms with Gasteiger partial charge in [0.05, 0.1) is 0 Å². The summed E-state index contributed by atoms with van der Waals surface area (Å²) in [4.78, 5) is 9.76. The highest BCUT2D eigenvalue weighted by Gasteiger charge is 2.14. The zero-order valence-electron chi connectivity index (χ0n) is 5.63. The van der Waals surface area contributed by atoms with E-state index in [1.54, 1.807) is 0 Å². The Hall–Kier alpha value is 0.360. The van der Waals surface area contributed by atoms with Crippen molar-refractivity contribution in [1.29, 1.82) is 0 Å². The largest absolute Gasteiger partial charge is 0.480 e. The van der Waals surface area contributed by atoms with E-state index in [0.717, 1.165) is 0 Å². The van der Waals surface area contributed by atoms with Crippen LogP contribution in [0.4, 0.5) is 0 Å². The molecule has 6 heteroatoms. The molecule has 0 fully saturated rings. The van der Waals surface area contributed by atoms with E-state index in [-0.39, 0.29) is 12.3 Å². The summed E-state index contributed by atoms with van der Waals surface area (Å²) in [6.07, 6.45) is 0. The van der Waals surface area contributed by atoms with Crippen LogP contribution in [0.5, 0.6) is 0 Å². The normalized spacial score (nSPS) is 13.5. The number of nitrogens with one attached hydrogen (secondary N) is 1. The predicted molar refractivity (Wildman–Crippen MR) is 48.8 cm³/mol. The lowest BCUT2D eigenvalue weighted by molar-refractivity contribution is -0.138. The summed E-state index contributed by atoms with van der Waals surface area (Å²) in [6, 6.07) is -0.682. The first kappa shape index (κ1) is 11.4. The highest BCUT2D eigenvalue weighted by Crippen LogP contribution is 1.99. The third-order valence-electron chi connectivity index (χ3n) is 0.999. The zero-order chi connectivity index (χ0) is 8.85. The van der Waals surface area contributed by atoms with E-state index in [9.17, 15) is 4.79 Å². The van der Waals surface area contributed by atoms with E-state index < -0.39 is 16.8 Å². The van der Waals surface area contributed by atoms with Crippen molar-refractivity contribution in [2.45, 2.75) is 10.9 Å². The van der Waals surface area contributed by atoms with Crippen LogP contribution < -0.4 is 5.32 Å². The first-order valence-corrected chi connectivity index (χ1v) is 4.43. The molecule has 0 rings (SSSR count). The van der Waals surface area contributed by atoms with E-state index in [4.69, 9.17) is 28.3 Å². The SMILES string of the molecule is O=C(O)C(CS)NCC(Cl)Cl. The molecule has 0 spiro atoms. The zero-order valence-corrected chi connectivity index (χ0v) is 8.03. The van der Waals surface area contributed by atoms with Gasteiger partial charge in [0.2, 0.25) is 0 Å². The molecule has 0 aliphatic carbocycles. The minimum atomic E-state index is -0.950. The maximum atomic E-state index is 10.3. The lowest BCUT2D eigenvalue weighted by Gasteiger charge is -2.11. The second kappa shape index (κ2) is 5.94. The Labute approximate surface area is 80.5 Å². The maximum absolute atomic E-state index is 10.3. The summed E-state index contributed by atoms with van der Waals surface area (Å²) in [5.74, 6) is -0.732. The van der Waals surface area contributed by atoms with Crippen LogP contribution in [-0.2, 0) is 4.79 Å². The molecule has 66 valence electrons. The van der Waals surface area contributed by atoms with Gasteiger partial charge in [-0.1, -0.05) is 0 Å². The van der Waals surface area contributed by atoms with Gasteiger partial charge in [0.25, 0.3) is 0 Å². The van der Waals surface area contributed by atoms with Gasteiger partial charge in [0.15, 0.2) is 0 Å². The summed E-state index contributed by atoms with van der Waals surface area (Å²) < 4.78 is 0. The first-order valence-electron chi connectivity index (χ1n) is 2.93. The van der Waals surface area contributed by atoms with Gasteiger partial charge in [-0.25, -0.2) is 0 Å². The van der Waals surface area contributed by atoms with E-state index in [0.29, 0.717) is 0 Å². The van der Waals surface area contributed by atoms with Crippen molar-refractivity contribution in [1.82, 2.24) is 5.32 Å². The van der Waals surface area contributed by atoms with Gasteiger partial charge in [0.1, 0.15) is 10.9 Å². The monoisotopic (exact) mass is 217 g/mol. The number of aliphatic carboxylic acids is 1. The molecule has 0 saturated carbocycles. The number of alkyl halides is 2. The molecule has 11 heavy (non-hydrogen) atoms. The molecule has 2 N–H and O–H groups in total. The van der Waals surface area contributed by atoms with Crippen molar-refractivity contribution in [3.63, 3.8) is 0 Å². The van der Waals surface area contributed by atoms with E-state index >= 15 is 0 Å². The molecule has 1 atom stereocenters. The lowest BCUT2D eigenvalue weighted by Crippen LogP contribution is -2.40. The summed E-state index contributed by atoms with van der Waals surface area (Å²) in [5.41, 5.74) is 0. The van der Waals surface area contributed by atoms with Gasteiger partial charge in [-0.05, 0) is 0 Å². The fraction of sp³-hybridized carbons (Fsp3) is 0.800. The molecule has 0 saturated heterocycles. The van der Waals surface area contributed by atoms with Gasteiger partial charge in [-0.15, -0.1) is 23.2 Å². The van der Waals surface area contributed by atoms with E-state index in [1.807, 2.05) is 0 Å². The summed E-state index contributed by atoms with van der Waals surface area (Å²) in [6.45, 7) is 0.251. The van der Waals surface area contributed by atoms with Crippen molar-refractivity contribution in [2.75, 3.05) is 12.3 Å². The van der Waals surface area contributed by atoms with Gasteiger partial charge in [-0.2, -0.15) is 12.6 Å². The highest BCUT2D eigenvalue weighted by molar-refractivity contribution is 7.80. The molecule has 0 aromatic rings. The van der Waals surface area contributed by atoms with Gasteiger partial charge in [0, 0.05) is 12.3 Å². The topological polar surface area (TPSA) is 49.3 Å². The number of halogens is 2. The molecular weight excluding hydrogens is 209 g/mol. The first-order chi connectivity index (χ1) is 5.07. The molecule has 0 radical (unpaired) electrons. The molecule has 1 unspecified atom stereocenters. The standard InChI is InChI=1S/C5H9Cl2NO2S/c6-4(7)1-8-3(2-11)5(9)10/h3-4,8,11H,1-2H2,(H,9,10). The van der Waals surface area contributed by atoms with E-state index in [1.165, 1.54) is 0 Å². The Kier molecular flexibility index (Phi) is 6.14. The summed E-state index contributed by atoms with van der Waals surface area (Å²) in [5, 5.41) is 11.1. The van der Waals surface area contributed by atoms with Crippen molar-refractivity contribution >= 4 is 41.8 Å². The maximum Gasteiger partial charge on any atom is 0.321 e. The summed E-state index contributed by atoms with van der Waals surface area (Å²) >= 11 is 14.6. The molecular formula is C5H9Cl2NO2S. The van der Waals surface area contributed by atoms with Crippen LogP contribution in [0, 0.1) is 0 Å². The average molecular weight is 218 g/mol. The lowest BCUT2D eigenvalue weighted by atomic mass is 10.3. The number of thiol groups is 1. The number of hydrogen-bond donors (Lipinski definition) is 3.